The van der Waals surface area contributed by atoms with Crippen molar-refractivity contribution in [2.45, 2.75) is 45.8 Å². The van der Waals surface area contributed by atoms with E-state index in [4.69, 9.17) is 9.15 Å². The van der Waals surface area contributed by atoms with E-state index in [1.807, 2.05) is 20.8 Å². The van der Waals surface area contributed by atoms with Crippen molar-refractivity contribution >= 4 is 11.9 Å². The van der Waals surface area contributed by atoms with Crippen molar-refractivity contribution < 1.29 is 18.7 Å². The molecule has 1 atom stereocenters. The quantitative estimate of drug-likeness (QED) is 0.816. The number of hydrogen-bond donors (Lipinski definition) is 1. The lowest BCUT2D eigenvalue weighted by Gasteiger charge is -2.26. The van der Waals surface area contributed by atoms with Gasteiger partial charge in [0.15, 0.2) is 6.10 Å². The number of hydrogen-bond acceptors (Lipinski definition) is 4. The highest BCUT2D eigenvalue weighted by molar-refractivity contribution is 5.90. The maximum absolute atomic E-state index is 11.8. The molecule has 18 heavy (non-hydrogen) atoms. The Hall–Kier alpha value is -1.78. The van der Waals surface area contributed by atoms with Gasteiger partial charge in [0.2, 0.25) is 5.76 Å². The van der Waals surface area contributed by atoms with E-state index in [0.29, 0.717) is 0 Å². The molecule has 1 aromatic heterocycles. The molecule has 1 heterocycles. The van der Waals surface area contributed by atoms with Gasteiger partial charge in [-0.15, -0.1) is 0 Å². The summed E-state index contributed by atoms with van der Waals surface area (Å²) in [6, 6.07) is 3.07. The lowest BCUT2D eigenvalue weighted by molar-refractivity contribution is -0.130. The van der Waals surface area contributed by atoms with Gasteiger partial charge in [-0.1, -0.05) is 6.92 Å². The van der Waals surface area contributed by atoms with Crippen molar-refractivity contribution in [1.29, 1.82) is 0 Å². The molecule has 0 unspecified atom stereocenters. The third-order valence-electron chi connectivity index (χ3n) is 2.72. The molecule has 0 spiro atoms. The van der Waals surface area contributed by atoms with E-state index in [0.717, 1.165) is 6.42 Å². The summed E-state index contributed by atoms with van der Waals surface area (Å²) in [6.07, 6.45) is 1.31. The van der Waals surface area contributed by atoms with Gasteiger partial charge in [0.05, 0.1) is 6.26 Å². The molecule has 0 aliphatic heterocycles. The van der Waals surface area contributed by atoms with Crippen molar-refractivity contribution in [3.8, 4) is 0 Å². The number of carbonyl (C=O) groups excluding carboxylic acids is 2. The van der Waals surface area contributed by atoms with Crippen LogP contribution in [0.25, 0.3) is 0 Å². The molecular formula is C13H19NO4. The zero-order valence-electron chi connectivity index (χ0n) is 11.1. The molecule has 0 radical (unpaired) electrons. The maximum atomic E-state index is 11.8. The summed E-state index contributed by atoms with van der Waals surface area (Å²) >= 11 is 0. The fourth-order valence-electron chi connectivity index (χ4n) is 1.19. The number of amides is 1. The second-order valence-corrected chi connectivity index (χ2v) is 4.75. The second-order valence-electron chi connectivity index (χ2n) is 4.75. The first-order valence-corrected chi connectivity index (χ1v) is 5.92. The van der Waals surface area contributed by atoms with Crippen molar-refractivity contribution in [2.24, 2.45) is 0 Å². The van der Waals surface area contributed by atoms with Gasteiger partial charge in [-0.2, -0.15) is 0 Å². The van der Waals surface area contributed by atoms with E-state index in [1.54, 1.807) is 6.07 Å². The lowest BCUT2D eigenvalue weighted by Crippen LogP contribution is -2.47. The SMILES string of the molecule is CCC(C)(C)NC(=O)[C@@H](C)OC(=O)c1ccco1. The van der Waals surface area contributed by atoms with Crippen LogP contribution in [0, 0.1) is 0 Å². The standard InChI is InChI=1S/C13H19NO4/c1-5-13(3,4)14-11(15)9(2)18-12(16)10-7-6-8-17-10/h6-9H,5H2,1-4H3,(H,14,15)/t9-/m1/s1. The van der Waals surface area contributed by atoms with Crippen molar-refractivity contribution in [3.05, 3.63) is 24.2 Å². The number of nitrogens with one attached hydrogen (secondary N) is 1. The molecule has 5 nitrogen and oxygen atoms in total. The lowest BCUT2D eigenvalue weighted by atomic mass is 10.0. The molecule has 0 aliphatic carbocycles. The Morgan fingerprint density at radius 2 is 2.17 bits per heavy atom. The minimum absolute atomic E-state index is 0.0874. The summed E-state index contributed by atoms with van der Waals surface area (Å²) in [6.45, 7) is 7.32. The Morgan fingerprint density at radius 1 is 1.50 bits per heavy atom. The third kappa shape index (κ3) is 3.91. The molecule has 0 saturated heterocycles. The summed E-state index contributed by atoms with van der Waals surface area (Å²) in [7, 11) is 0. The number of ether oxygens (including phenoxy) is 1. The van der Waals surface area contributed by atoms with Gasteiger partial charge >= 0.3 is 5.97 Å². The summed E-state index contributed by atoms with van der Waals surface area (Å²) in [4.78, 5) is 23.4. The van der Waals surface area contributed by atoms with Crippen LogP contribution >= 0.6 is 0 Å². The largest absolute Gasteiger partial charge is 0.457 e. The van der Waals surface area contributed by atoms with Crippen molar-refractivity contribution in [1.82, 2.24) is 5.32 Å². The molecule has 100 valence electrons. The van der Waals surface area contributed by atoms with Crippen LogP contribution in [0.3, 0.4) is 0 Å². The number of furan rings is 1. The summed E-state index contributed by atoms with van der Waals surface area (Å²) in [5, 5.41) is 2.81. The van der Waals surface area contributed by atoms with Crippen LogP contribution in [0.5, 0.6) is 0 Å². The highest BCUT2D eigenvalue weighted by atomic mass is 16.6. The minimum atomic E-state index is -0.853. The molecule has 0 aromatic carbocycles. The van der Waals surface area contributed by atoms with Gasteiger partial charge in [-0.25, -0.2) is 4.79 Å². The summed E-state index contributed by atoms with van der Waals surface area (Å²) < 4.78 is 9.89. The van der Waals surface area contributed by atoms with E-state index in [-0.39, 0.29) is 17.2 Å². The summed E-state index contributed by atoms with van der Waals surface area (Å²) in [5.41, 5.74) is -0.317. The highest BCUT2D eigenvalue weighted by Crippen LogP contribution is 2.09. The zero-order valence-corrected chi connectivity index (χ0v) is 11.1. The van der Waals surface area contributed by atoms with Crippen LogP contribution in [0.1, 0.15) is 44.7 Å². The monoisotopic (exact) mass is 253 g/mol. The normalized spacial score (nSPS) is 12.9. The van der Waals surface area contributed by atoms with Crippen LogP contribution in [0.2, 0.25) is 0 Å². The molecule has 1 amide bonds. The van der Waals surface area contributed by atoms with Gasteiger partial charge in [0, 0.05) is 5.54 Å². The molecule has 5 heteroatoms. The van der Waals surface area contributed by atoms with Crippen LogP contribution in [0.15, 0.2) is 22.8 Å². The predicted octanol–water partition coefficient (Wildman–Crippen LogP) is 2.13. The first-order chi connectivity index (χ1) is 8.35. The number of rotatable bonds is 5. The minimum Gasteiger partial charge on any atom is -0.457 e. The summed E-state index contributed by atoms with van der Waals surface area (Å²) in [5.74, 6) is -0.872. The van der Waals surface area contributed by atoms with Crippen LogP contribution < -0.4 is 5.32 Å². The van der Waals surface area contributed by atoms with E-state index < -0.39 is 12.1 Å². The number of esters is 1. The first kappa shape index (κ1) is 14.3. The Morgan fingerprint density at radius 3 is 2.67 bits per heavy atom. The van der Waals surface area contributed by atoms with E-state index in [9.17, 15) is 9.59 Å². The Labute approximate surface area is 106 Å². The van der Waals surface area contributed by atoms with Gasteiger partial charge in [0.1, 0.15) is 0 Å². The molecule has 0 aliphatic rings. The fourth-order valence-corrected chi connectivity index (χ4v) is 1.19. The van der Waals surface area contributed by atoms with Crippen molar-refractivity contribution in [2.75, 3.05) is 0 Å². The fraction of sp³-hybridized carbons (Fsp3) is 0.538. The first-order valence-electron chi connectivity index (χ1n) is 5.92. The molecule has 0 bridgehead atoms. The van der Waals surface area contributed by atoms with Gasteiger partial charge in [-0.3, -0.25) is 4.79 Å². The van der Waals surface area contributed by atoms with Crippen molar-refractivity contribution in [3.63, 3.8) is 0 Å². The average Bonchev–Trinajstić information content (AvgIpc) is 2.81. The second kappa shape index (κ2) is 5.71. The molecular weight excluding hydrogens is 234 g/mol. The van der Waals surface area contributed by atoms with Gasteiger partial charge < -0.3 is 14.5 Å². The maximum Gasteiger partial charge on any atom is 0.374 e. The van der Waals surface area contributed by atoms with Gasteiger partial charge in [-0.05, 0) is 39.3 Å². The van der Waals surface area contributed by atoms with E-state index in [1.165, 1.54) is 19.3 Å². The Kier molecular flexibility index (Phi) is 4.53. The molecule has 0 saturated carbocycles. The topological polar surface area (TPSA) is 68.5 Å². The van der Waals surface area contributed by atoms with Crippen LogP contribution in [0.4, 0.5) is 0 Å². The zero-order chi connectivity index (χ0) is 13.8. The van der Waals surface area contributed by atoms with E-state index >= 15 is 0 Å². The predicted molar refractivity (Wildman–Crippen MR) is 66.1 cm³/mol. The molecule has 0 fully saturated rings. The Bertz CT molecular complexity index is 409. The highest BCUT2D eigenvalue weighted by Gasteiger charge is 2.25. The van der Waals surface area contributed by atoms with Crippen LogP contribution in [-0.4, -0.2) is 23.5 Å². The molecule has 1 rings (SSSR count). The molecule has 1 N–H and O–H groups in total. The third-order valence-corrected chi connectivity index (χ3v) is 2.72. The Balaban J connectivity index is 2.53. The van der Waals surface area contributed by atoms with Gasteiger partial charge in [0.25, 0.3) is 5.91 Å². The molecule has 1 aromatic rings. The average molecular weight is 253 g/mol. The number of carbonyl (C=O) groups is 2. The smallest absolute Gasteiger partial charge is 0.374 e. The van der Waals surface area contributed by atoms with E-state index in [2.05, 4.69) is 5.32 Å². The van der Waals surface area contributed by atoms with Crippen LogP contribution in [-0.2, 0) is 9.53 Å².